The Labute approximate surface area is 98.4 Å². The molecule has 0 unspecified atom stereocenters. The van der Waals surface area contributed by atoms with E-state index >= 15 is 0 Å². The van der Waals surface area contributed by atoms with Gasteiger partial charge in [0.2, 0.25) is 5.91 Å². The molecule has 2 rings (SSSR count). The van der Waals surface area contributed by atoms with Gasteiger partial charge in [0, 0.05) is 23.3 Å². The van der Waals surface area contributed by atoms with Crippen LogP contribution >= 0.6 is 0 Å². The van der Waals surface area contributed by atoms with E-state index in [0.717, 1.165) is 12.8 Å². The van der Waals surface area contributed by atoms with Crippen LogP contribution in [0.5, 0.6) is 0 Å². The van der Waals surface area contributed by atoms with Gasteiger partial charge in [-0.3, -0.25) is 9.69 Å². The lowest BCUT2D eigenvalue weighted by Gasteiger charge is -2.37. The number of rotatable bonds is 0. The van der Waals surface area contributed by atoms with Crippen LogP contribution in [-0.2, 0) is 4.79 Å². The molecule has 1 saturated carbocycles. The molecule has 1 amide bonds. The zero-order valence-electron chi connectivity index (χ0n) is 10.9. The van der Waals surface area contributed by atoms with Gasteiger partial charge in [-0.2, -0.15) is 0 Å². The van der Waals surface area contributed by atoms with Crippen LogP contribution in [0.15, 0.2) is 0 Å². The first-order valence-electron chi connectivity index (χ1n) is 6.16. The van der Waals surface area contributed by atoms with Crippen molar-refractivity contribution in [3.63, 3.8) is 0 Å². The molecule has 0 aromatic heterocycles. The van der Waals surface area contributed by atoms with Crippen molar-refractivity contribution in [1.29, 1.82) is 0 Å². The Hall–Kier alpha value is -0.970. The summed E-state index contributed by atoms with van der Waals surface area (Å²) in [4.78, 5) is 14.0. The summed E-state index contributed by atoms with van der Waals surface area (Å²) in [6.07, 6.45) is 2.12. The van der Waals surface area contributed by atoms with Gasteiger partial charge in [-0.15, -0.1) is 0 Å². The van der Waals surface area contributed by atoms with Crippen LogP contribution in [0.3, 0.4) is 0 Å². The molecule has 0 N–H and O–H groups in total. The maximum atomic E-state index is 12.2. The number of hydrogen-bond donors (Lipinski definition) is 0. The molecule has 1 aliphatic heterocycles. The van der Waals surface area contributed by atoms with E-state index in [4.69, 9.17) is 0 Å². The van der Waals surface area contributed by atoms with Crippen molar-refractivity contribution < 1.29 is 4.79 Å². The molecule has 2 nitrogen and oxygen atoms in total. The third kappa shape index (κ3) is 1.24. The first-order valence-corrected chi connectivity index (χ1v) is 6.16. The fourth-order valence-electron chi connectivity index (χ4n) is 3.09. The smallest absolute Gasteiger partial charge is 0.238 e. The van der Waals surface area contributed by atoms with Gasteiger partial charge in [0.05, 0.1) is 5.54 Å². The number of amides is 1. The number of hydrogen-bond acceptors (Lipinski definition) is 1. The third-order valence-corrected chi connectivity index (χ3v) is 4.66. The van der Waals surface area contributed by atoms with Crippen molar-refractivity contribution in [3.05, 3.63) is 0 Å². The number of piperidine rings is 1. The molecule has 2 bridgehead atoms. The minimum atomic E-state index is -0.0589. The summed E-state index contributed by atoms with van der Waals surface area (Å²) in [6.45, 7) is 10.7. The van der Waals surface area contributed by atoms with Crippen molar-refractivity contribution in [1.82, 2.24) is 4.90 Å². The van der Waals surface area contributed by atoms with E-state index in [1.165, 1.54) is 0 Å². The van der Waals surface area contributed by atoms with Crippen molar-refractivity contribution in [2.45, 2.75) is 53.0 Å². The average Bonchev–Trinajstić information content (AvgIpc) is 2.45. The van der Waals surface area contributed by atoms with Gasteiger partial charge in [-0.05, 0) is 19.8 Å². The molecule has 16 heavy (non-hydrogen) atoms. The summed E-state index contributed by atoms with van der Waals surface area (Å²) in [5, 5.41) is 0. The van der Waals surface area contributed by atoms with Crippen molar-refractivity contribution in [3.8, 4) is 12.0 Å². The highest BCUT2D eigenvalue weighted by Crippen LogP contribution is 2.59. The first kappa shape index (κ1) is 11.5. The predicted molar refractivity (Wildman–Crippen MR) is 64.4 cm³/mol. The largest absolute Gasteiger partial charge is 0.273 e. The van der Waals surface area contributed by atoms with E-state index in [-0.39, 0.29) is 22.8 Å². The summed E-state index contributed by atoms with van der Waals surface area (Å²) in [6, 6.07) is 3.09. The fraction of sp³-hybridized carbons (Fsp3) is 0.786. The van der Waals surface area contributed by atoms with Crippen LogP contribution in [0.4, 0.5) is 0 Å². The second-order valence-corrected chi connectivity index (χ2v) is 6.17. The van der Waals surface area contributed by atoms with Gasteiger partial charge in [0.25, 0.3) is 0 Å². The predicted octanol–water partition coefficient (Wildman–Crippen LogP) is 2.64. The molecule has 1 saturated heterocycles. The molecule has 2 fully saturated rings. The highest BCUT2D eigenvalue weighted by molar-refractivity contribution is 5.86. The number of likely N-dealkylation sites (tertiary alicyclic amines) is 1. The van der Waals surface area contributed by atoms with Gasteiger partial charge >= 0.3 is 0 Å². The van der Waals surface area contributed by atoms with E-state index in [0.29, 0.717) is 5.92 Å². The standard InChI is InChI=1S/C14H21NO/c1-10(2)7-9-15-12(16)11-6-8-14(15,5)13(11,3)4/h10-11H,6,8H2,1-5H3/t11-,14-/m1/s1. The number of carbonyl (C=O) groups excluding carboxylic acids is 1. The Morgan fingerprint density at radius 1 is 1.38 bits per heavy atom. The molecular weight excluding hydrogens is 198 g/mol. The summed E-state index contributed by atoms with van der Waals surface area (Å²) < 4.78 is 0. The average molecular weight is 219 g/mol. The Morgan fingerprint density at radius 2 is 2.00 bits per heavy atom. The molecular formula is C14H21NO. The van der Waals surface area contributed by atoms with Crippen LogP contribution < -0.4 is 0 Å². The highest BCUT2D eigenvalue weighted by atomic mass is 16.2. The quantitative estimate of drug-likeness (QED) is 0.574. The van der Waals surface area contributed by atoms with Crippen LogP contribution in [0.2, 0.25) is 0 Å². The van der Waals surface area contributed by atoms with Crippen molar-refractivity contribution in [2.24, 2.45) is 17.3 Å². The SMILES string of the molecule is CC(C)C#CN1C(=O)[C@H]2CC[C@]1(C)C2(C)C. The lowest BCUT2D eigenvalue weighted by Crippen LogP contribution is -2.46. The number of nitrogens with zero attached hydrogens (tertiary/aromatic N) is 1. The second kappa shape index (κ2) is 3.26. The van der Waals surface area contributed by atoms with Gasteiger partial charge in [-0.1, -0.05) is 33.6 Å². The van der Waals surface area contributed by atoms with E-state index < -0.39 is 0 Å². The number of fused-ring (bicyclic) bond motifs is 2. The lowest BCUT2D eigenvalue weighted by molar-refractivity contribution is -0.132. The van der Waals surface area contributed by atoms with Gasteiger partial charge in [0.15, 0.2) is 0 Å². The zero-order valence-corrected chi connectivity index (χ0v) is 10.9. The molecule has 0 spiro atoms. The lowest BCUT2D eigenvalue weighted by atomic mass is 9.75. The molecule has 0 radical (unpaired) electrons. The maximum Gasteiger partial charge on any atom is 0.238 e. The Balaban J connectivity index is 2.37. The molecule has 2 atom stereocenters. The van der Waals surface area contributed by atoms with Crippen LogP contribution in [0.1, 0.15) is 47.5 Å². The monoisotopic (exact) mass is 219 g/mol. The molecule has 2 heteroatoms. The highest BCUT2D eigenvalue weighted by Gasteiger charge is 2.65. The Morgan fingerprint density at radius 3 is 2.44 bits per heavy atom. The van der Waals surface area contributed by atoms with E-state index in [1.54, 1.807) is 0 Å². The van der Waals surface area contributed by atoms with Crippen LogP contribution in [-0.4, -0.2) is 16.3 Å². The summed E-state index contributed by atoms with van der Waals surface area (Å²) in [5.74, 6) is 3.86. The van der Waals surface area contributed by atoms with Crippen LogP contribution in [0, 0.1) is 29.2 Å². The minimum absolute atomic E-state index is 0.0589. The molecule has 88 valence electrons. The zero-order chi connectivity index (χ0) is 12.1. The summed E-state index contributed by atoms with van der Waals surface area (Å²) >= 11 is 0. The van der Waals surface area contributed by atoms with E-state index in [1.807, 2.05) is 4.90 Å². The van der Waals surface area contributed by atoms with Gasteiger partial charge in [0.1, 0.15) is 0 Å². The summed E-state index contributed by atoms with van der Waals surface area (Å²) in [5.41, 5.74) is 0.00633. The van der Waals surface area contributed by atoms with Crippen molar-refractivity contribution >= 4 is 5.91 Å². The van der Waals surface area contributed by atoms with Gasteiger partial charge < -0.3 is 0 Å². The van der Waals surface area contributed by atoms with E-state index in [2.05, 4.69) is 46.6 Å². The van der Waals surface area contributed by atoms with Gasteiger partial charge in [-0.25, -0.2) is 0 Å². The van der Waals surface area contributed by atoms with Crippen LogP contribution in [0.25, 0.3) is 0 Å². The molecule has 0 aromatic rings. The first-order chi connectivity index (χ1) is 7.30. The Kier molecular flexibility index (Phi) is 2.35. The third-order valence-electron chi connectivity index (χ3n) is 4.66. The maximum absolute atomic E-state index is 12.2. The minimum Gasteiger partial charge on any atom is -0.273 e. The molecule has 2 aliphatic rings. The number of carbonyl (C=O) groups is 1. The van der Waals surface area contributed by atoms with Crippen molar-refractivity contribution in [2.75, 3.05) is 0 Å². The molecule has 0 aromatic carbocycles. The second-order valence-electron chi connectivity index (χ2n) is 6.17. The topological polar surface area (TPSA) is 20.3 Å². The fourth-order valence-corrected chi connectivity index (χ4v) is 3.09. The van der Waals surface area contributed by atoms with E-state index in [9.17, 15) is 4.79 Å². The molecule has 1 heterocycles. The normalized spacial score (nSPS) is 35.5. The Bertz CT molecular complexity index is 385. The molecule has 1 aliphatic carbocycles. The summed E-state index contributed by atoms with van der Waals surface area (Å²) in [7, 11) is 0.